The van der Waals surface area contributed by atoms with Gasteiger partial charge in [0.25, 0.3) is 0 Å². The Morgan fingerprint density at radius 3 is 2.23 bits per heavy atom. The van der Waals surface area contributed by atoms with Gasteiger partial charge < -0.3 is 10.6 Å². The lowest BCUT2D eigenvalue weighted by Gasteiger charge is -2.10. The molecule has 3 nitrogen and oxygen atoms in total. The number of benzene rings is 2. The first-order valence-corrected chi connectivity index (χ1v) is 7.75. The van der Waals surface area contributed by atoms with Crippen molar-refractivity contribution in [3.05, 3.63) is 65.2 Å². The largest absolute Gasteiger partial charge is 0.338 e. The number of amides is 2. The van der Waals surface area contributed by atoms with Crippen molar-refractivity contribution in [2.24, 2.45) is 0 Å². The van der Waals surface area contributed by atoms with Crippen molar-refractivity contribution >= 4 is 11.7 Å². The minimum absolute atomic E-state index is 0.163. The summed E-state index contributed by atoms with van der Waals surface area (Å²) in [5.74, 6) is 0.498. The van der Waals surface area contributed by atoms with Gasteiger partial charge in [0, 0.05) is 12.2 Å². The fourth-order valence-electron chi connectivity index (χ4n) is 2.20. The molecule has 2 aromatic rings. The van der Waals surface area contributed by atoms with Gasteiger partial charge in [0.2, 0.25) is 0 Å². The van der Waals surface area contributed by atoms with Crippen LogP contribution in [0.2, 0.25) is 0 Å². The van der Waals surface area contributed by atoms with Gasteiger partial charge in [-0.3, -0.25) is 0 Å². The average Bonchev–Trinajstić information content (AvgIpc) is 2.50. The van der Waals surface area contributed by atoms with E-state index >= 15 is 0 Å². The van der Waals surface area contributed by atoms with Gasteiger partial charge in [0.05, 0.1) is 0 Å². The molecule has 0 aromatic heterocycles. The summed E-state index contributed by atoms with van der Waals surface area (Å²) in [4.78, 5) is 11.9. The molecule has 3 heteroatoms. The summed E-state index contributed by atoms with van der Waals surface area (Å²) in [6, 6.07) is 16.2. The molecule has 0 unspecified atom stereocenters. The van der Waals surface area contributed by atoms with E-state index in [0.29, 0.717) is 12.5 Å². The van der Waals surface area contributed by atoms with Gasteiger partial charge in [-0.05, 0) is 42.5 Å². The standard InChI is InChI=1S/C19H24N2O/c1-14(2)17-8-10-18(11-9-17)21-19(22)20-13-12-16-6-4-15(3)5-7-16/h4-11,14H,12-13H2,1-3H3,(H2,20,21,22). The van der Waals surface area contributed by atoms with Gasteiger partial charge in [0.15, 0.2) is 0 Å². The highest BCUT2D eigenvalue weighted by atomic mass is 16.2. The number of hydrogen-bond donors (Lipinski definition) is 2. The number of carbonyl (C=O) groups excluding carboxylic acids is 1. The number of rotatable bonds is 5. The van der Waals surface area contributed by atoms with Crippen molar-refractivity contribution < 1.29 is 4.79 Å². The highest BCUT2D eigenvalue weighted by Gasteiger charge is 2.03. The van der Waals surface area contributed by atoms with Crippen LogP contribution < -0.4 is 10.6 Å². The predicted octanol–water partition coefficient (Wildman–Crippen LogP) is 4.48. The third-order valence-corrected chi connectivity index (χ3v) is 3.66. The van der Waals surface area contributed by atoms with Crippen LogP contribution in [0.25, 0.3) is 0 Å². The van der Waals surface area contributed by atoms with Crippen molar-refractivity contribution in [2.45, 2.75) is 33.1 Å². The van der Waals surface area contributed by atoms with Crippen LogP contribution in [0.1, 0.15) is 36.5 Å². The van der Waals surface area contributed by atoms with Crippen LogP contribution in [0.5, 0.6) is 0 Å². The van der Waals surface area contributed by atoms with Crippen molar-refractivity contribution in [2.75, 3.05) is 11.9 Å². The van der Waals surface area contributed by atoms with E-state index in [0.717, 1.165) is 12.1 Å². The maximum atomic E-state index is 11.9. The zero-order valence-corrected chi connectivity index (χ0v) is 13.5. The highest BCUT2D eigenvalue weighted by Crippen LogP contribution is 2.16. The Balaban J connectivity index is 1.76. The molecule has 0 spiro atoms. The van der Waals surface area contributed by atoms with Gasteiger partial charge in [0.1, 0.15) is 0 Å². The average molecular weight is 296 g/mol. The number of hydrogen-bond acceptors (Lipinski definition) is 1. The quantitative estimate of drug-likeness (QED) is 0.839. The molecule has 0 fully saturated rings. The zero-order valence-electron chi connectivity index (χ0n) is 13.5. The van der Waals surface area contributed by atoms with Gasteiger partial charge in [-0.25, -0.2) is 4.79 Å². The van der Waals surface area contributed by atoms with E-state index in [1.807, 2.05) is 24.3 Å². The Kier molecular flexibility index (Phi) is 5.59. The summed E-state index contributed by atoms with van der Waals surface area (Å²) in [5.41, 5.74) is 4.56. The molecule has 2 N–H and O–H groups in total. The molecule has 116 valence electrons. The van der Waals surface area contributed by atoms with E-state index < -0.39 is 0 Å². The second kappa shape index (κ2) is 7.64. The lowest BCUT2D eigenvalue weighted by atomic mass is 10.0. The Labute approximate surface area is 132 Å². The first-order chi connectivity index (χ1) is 10.5. The highest BCUT2D eigenvalue weighted by molar-refractivity contribution is 5.89. The Hall–Kier alpha value is -2.29. The molecule has 22 heavy (non-hydrogen) atoms. The molecular weight excluding hydrogens is 272 g/mol. The number of urea groups is 1. The summed E-state index contributed by atoms with van der Waals surface area (Å²) in [6.07, 6.45) is 0.833. The van der Waals surface area contributed by atoms with E-state index in [9.17, 15) is 4.79 Å². The first-order valence-electron chi connectivity index (χ1n) is 7.75. The summed E-state index contributed by atoms with van der Waals surface area (Å²) in [5, 5.41) is 5.73. The van der Waals surface area contributed by atoms with Gasteiger partial charge >= 0.3 is 6.03 Å². The lowest BCUT2D eigenvalue weighted by Crippen LogP contribution is -2.30. The number of aryl methyl sites for hydroxylation is 1. The minimum atomic E-state index is -0.163. The van der Waals surface area contributed by atoms with Crippen LogP contribution in [0.4, 0.5) is 10.5 Å². The molecule has 0 aliphatic heterocycles. The van der Waals surface area contributed by atoms with Gasteiger partial charge in [-0.15, -0.1) is 0 Å². The molecule has 0 heterocycles. The lowest BCUT2D eigenvalue weighted by molar-refractivity contribution is 0.252. The van der Waals surface area contributed by atoms with E-state index in [2.05, 4.69) is 55.7 Å². The smallest absolute Gasteiger partial charge is 0.319 e. The second-order valence-electron chi connectivity index (χ2n) is 5.89. The molecule has 0 bridgehead atoms. The van der Waals surface area contributed by atoms with Crippen molar-refractivity contribution in [1.82, 2.24) is 5.32 Å². The van der Waals surface area contributed by atoms with Gasteiger partial charge in [-0.1, -0.05) is 55.8 Å². The molecule has 0 atom stereocenters. The van der Waals surface area contributed by atoms with Crippen LogP contribution >= 0.6 is 0 Å². The van der Waals surface area contributed by atoms with Crippen LogP contribution in [0, 0.1) is 6.92 Å². The number of anilines is 1. The first kappa shape index (κ1) is 16.1. The zero-order chi connectivity index (χ0) is 15.9. The maximum absolute atomic E-state index is 11.9. The van der Waals surface area contributed by atoms with Crippen LogP contribution in [-0.4, -0.2) is 12.6 Å². The van der Waals surface area contributed by atoms with Crippen molar-refractivity contribution in [3.8, 4) is 0 Å². The van der Waals surface area contributed by atoms with Crippen LogP contribution in [0.15, 0.2) is 48.5 Å². The molecule has 0 saturated heterocycles. The molecule has 0 aliphatic carbocycles. The molecule has 0 saturated carbocycles. The van der Waals surface area contributed by atoms with Crippen LogP contribution in [-0.2, 0) is 6.42 Å². The fourth-order valence-corrected chi connectivity index (χ4v) is 2.20. The molecular formula is C19H24N2O. The Morgan fingerprint density at radius 2 is 1.64 bits per heavy atom. The van der Waals surface area contributed by atoms with Crippen LogP contribution in [0.3, 0.4) is 0 Å². The molecule has 0 radical (unpaired) electrons. The summed E-state index contributed by atoms with van der Waals surface area (Å²) in [6.45, 7) is 7.00. The van der Waals surface area contributed by atoms with E-state index in [4.69, 9.17) is 0 Å². The third-order valence-electron chi connectivity index (χ3n) is 3.66. The summed E-state index contributed by atoms with van der Waals surface area (Å²) >= 11 is 0. The number of carbonyl (C=O) groups is 1. The molecule has 2 aromatic carbocycles. The van der Waals surface area contributed by atoms with Crippen molar-refractivity contribution in [1.29, 1.82) is 0 Å². The SMILES string of the molecule is Cc1ccc(CCNC(=O)Nc2ccc(C(C)C)cc2)cc1. The maximum Gasteiger partial charge on any atom is 0.319 e. The topological polar surface area (TPSA) is 41.1 Å². The summed E-state index contributed by atoms with van der Waals surface area (Å²) in [7, 11) is 0. The number of nitrogens with one attached hydrogen (secondary N) is 2. The molecule has 2 rings (SSSR count). The van der Waals surface area contributed by atoms with E-state index in [1.165, 1.54) is 16.7 Å². The second-order valence-corrected chi connectivity index (χ2v) is 5.89. The molecule has 0 aliphatic rings. The third kappa shape index (κ3) is 4.92. The Bertz CT molecular complexity index is 600. The minimum Gasteiger partial charge on any atom is -0.338 e. The van der Waals surface area contributed by atoms with E-state index in [-0.39, 0.29) is 6.03 Å². The predicted molar refractivity (Wildman–Crippen MR) is 92.4 cm³/mol. The van der Waals surface area contributed by atoms with E-state index in [1.54, 1.807) is 0 Å². The summed E-state index contributed by atoms with van der Waals surface area (Å²) < 4.78 is 0. The normalized spacial score (nSPS) is 10.5. The Morgan fingerprint density at radius 1 is 1.00 bits per heavy atom. The fraction of sp³-hybridized carbons (Fsp3) is 0.316. The van der Waals surface area contributed by atoms with Crippen molar-refractivity contribution in [3.63, 3.8) is 0 Å². The molecule has 2 amide bonds. The van der Waals surface area contributed by atoms with Gasteiger partial charge in [-0.2, -0.15) is 0 Å². The monoisotopic (exact) mass is 296 g/mol.